The fourth-order valence-corrected chi connectivity index (χ4v) is 3.43. The molecule has 0 bridgehead atoms. The molecule has 140 valence electrons. The molecule has 0 aliphatic carbocycles. The van der Waals surface area contributed by atoms with Crippen molar-refractivity contribution < 1.29 is 9.47 Å². The van der Waals surface area contributed by atoms with Gasteiger partial charge in [0.25, 0.3) is 0 Å². The highest BCUT2D eigenvalue weighted by Crippen LogP contribution is 2.29. The number of hydrogen-bond donors (Lipinski definition) is 1. The van der Waals surface area contributed by atoms with Crippen LogP contribution < -0.4 is 14.9 Å². The zero-order valence-electron chi connectivity index (χ0n) is 15.1. The van der Waals surface area contributed by atoms with Crippen LogP contribution in [0.5, 0.6) is 11.5 Å². The molecule has 0 aliphatic heterocycles. The molecule has 0 amide bonds. The predicted molar refractivity (Wildman–Crippen MR) is 114 cm³/mol. The minimum Gasteiger partial charge on any atom is -0.490 e. The van der Waals surface area contributed by atoms with Crippen molar-refractivity contribution in [2.24, 2.45) is 5.10 Å². The summed E-state index contributed by atoms with van der Waals surface area (Å²) in [6, 6.07) is 13.8. The quantitative estimate of drug-likeness (QED) is 0.360. The highest BCUT2D eigenvalue weighted by Gasteiger charge is 2.07. The topological polar surface area (TPSA) is 55.7 Å². The van der Waals surface area contributed by atoms with Crippen molar-refractivity contribution in [1.82, 2.24) is 4.98 Å². The van der Waals surface area contributed by atoms with Crippen molar-refractivity contribution in [2.75, 3.05) is 12.0 Å². The molecular formula is C20H20BrN3O2S. The Labute approximate surface area is 171 Å². The molecular weight excluding hydrogens is 426 g/mol. The van der Waals surface area contributed by atoms with E-state index < -0.39 is 0 Å². The maximum absolute atomic E-state index is 5.95. The van der Waals surface area contributed by atoms with Crippen molar-refractivity contribution in [1.29, 1.82) is 0 Å². The minimum absolute atomic E-state index is 0.470. The number of ether oxygens (including phenoxy) is 2. The molecule has 5 nitrogen and oxygen atoms in total. The molecule has 0 saturated heterocycles. The van der Waals surface area contributed by atoms with E-state index in [-0.39, 0.29) is 0 Å². The molecule has 1 heterocycles. The summed E-state index contributed by atoms with van der Waals surface area (Å²) in [7, 11) is 0. The first kappa shape index (κ1) is 19.4. The van der Waals surface area contributed by atoms with E-state index in [2.05, 4.69) is 31.4 Å². The number of hydrazone groups is 1. The Bertz CT molecular complexity index is 927. The highest BCUT2D eigenvalue weighted by atomic mass is 79.9. The lowest BCUT2D eigenvalue weighted by Gasteiger charge is -2.12. The van der Waals surface area contributed by atoms with E-state index in [0.717, 1.165) is 26.4 Å². The van der Waals surface area contributed by atoms with Gasteiger partial charge in [0, 0.05) is 9.85 Å². The number of hydrogen-bond acceptors (Lipinski definition) is 6. The van der Waals surface area contributed by atoms with E-state index in [0.29, 0.717) is 24.7 Å². The SMILES string of the molecule is CCOc1cc(C=NNc2nc(C)cs2)ccc1OCc1cccc(Br)c1. The van der Waals surface area contributed by atoms with Gasteiger partial charge in [-0.25, -0.2) is 4.98 Å². The van der Waals surface area contributed by atoms with Crippen molar-refractivity contribution in [3.8, 4) is 11.5 Å². The first-order valence-electron chi connectivity index (χ1n) is 8.49. The molecule has 0 saturated carbocycles. The number of nitrogens with zero attached hydrogens (tertiary/aromatic N) is 2. The highest BCUT2D eigenvalue weighted by molar-refractivity contribution is 9.10. The zero-order chi connectivity index (χ0) is 19.1. The number of nitrogens with one attached hydrogen (secondary N) is 1. The molecule has 0 radical (unpaired) electrons. The Morgan fingerprint density at radius 2 is 2.07 bits per heavy atom. The predicted octanol–water partition coefficient (Wildman–Crippen LogP) is 5.64. The van der Waals surface area contributed by atoms with Gasteiger partial charge in [-0.05, 0) is 55.3 Å². The second-order valence-corrected chi connectivity index (χ2v) is 7.50. The van der Waals surface area contributed by atoms with E-state index in [1.807, 2.05) is 61.7 Å². The molecule has 1 N–H and O–H groups in total. The number of anilines is 1. The lowest BCUT2D eigenvalue weighted by atomic mass is 10.2. The van der Waals surface area contributed by atoms with Crippen molar-refractivity contribution in [3.05, 3.63) is 69.1 Å². The number of aromatic nitrogens is 1. The van der Waals surface area contributed by atoms with Crippen LogP contribution in [0.4, 0.5) is 5.13 Å². The number of benzene rings is 2. The molecule has 0 aliphatic rings. The third-order valence-corrected chi connectivity index (χ3v) is 4.90. The van der Waals surface area contributed by atoms with Gasteiger partial charge in [0.1, 0.15) is 6.61 Å². The summed E-state index contributed by atoms with van der Waals surface area (Å²) in [5.41, 5.74) is 5.90. The molecule has 0 unspecified atom stereocenters. The maximum atomic E-state index is 5.95. The summed E-state index contributed by atoms with van der Waals surface area (Å²) in [6.07, 6.45) is 1.73. The minimum atomic E-state index is 0.470. The summed E-state index contributed by atoms with van der Waals surface area (Å²) in [4.78, 5) is 4.31. The van der Waals surface area contributed by atoms with Gasteiger partial charge < -0.3 is 9.47 Å². The Morgan fingerprint density at radius 1 is 1.19 bits per heavy atom. The van der Waals surface area contributed by atoms with Crippen LogP contribution in [0.15, 0.2) is 57.4 Å². The normalized spacial score (nSPS) is 10.9. The monoisotopic (exact) mass is 445 g/mol. The molecule has 1 aromatic heterocycles. The fourth-order valence-electron chi connectivity index (χ4n) is 2.35. The van der Waals surface area contributed by atoms with Crippen LogP contribution in [0.2, 0.25) is 0 Å². The van der Waals surface area contributed by atoms with E-state index in [1.165, 1.54) is 11.3 Å². The maximum Gasteiger partial charge on any atom is 0.203 e. The fraction of sp³-hybridized carbons (Fsp3) is 0.200. The summed E-state index contributed by atoms with van der Waals surface area (Å²) in [5, 5.41) is 6.97. The van der Waals surface area contributed by atoms with Crippen molar-refractivity contribution in [3.63, 3.8) is 0 Å². The van der Waals surface area contributed by atoms with Crippen LogP contribution in [0, 0.1) is 6.92 Å². The van der Waals surface area contributed by atoms with E-state index in [4.69, 9.17) is 9.47 Å². The first-order valence-corrected chi connectivity index (χ1v) is 10.2. The van der Waals surface area contributed by atoms with Crippen LogP contribution >= 0.6 is 27.3 Å². The Morgan fingerprint density at radius 3 is 2.81 bits per heavy atom. The largest absolute Gasteiger partial charge is 0.490 e. The molecule has 0 spiro atoms. The lowest BCUT2D eigenvalue weighted by Crippen LogP contribution is -2.00. The standard InChI is InChI=1S/C20H20BrN3O2S/c1-3-25-19-10-15(11-22-24-20-23-14(2)13-27-20)7-8-18(19)26-12-16-5-4-6-17(21)9-16/h4-11,13H,3,12H2,1-2H3,(H,23,24). The van der Waals surface area contributed by atoms with Gasteiger partial charge in [0.15, 0.2) is 11.5 Å². The van der Waals surface area contributed by atoms with Gasteiger partial charge in [0.05, 0.1) is 18.5 Å². The zero-order valence-corrected chi connectivity index (χ0v) is 17.5. The Balaban J connectivity index is 1.68. The smallest absolute Gasteiger partial charge is 0.203 e. The molecule has 2 aromatic carbocycles. The number of thiazole rings is 1. The van der Waals surface area contributed by atoms with Gasteiger partial charge >= 0.3 is 0 Å². The van der Waals surface area contributed by atoms with Gasteiger partial charge in [-0.1, -0.05) is 28.1 Å². The lowest BCUT2D eigenvalue weighted by molar-refractivity contribution is 0.269. The van der Waals surface area contributed by atoms with E-state index >= 15 is 0 Å². The van der Waals surface area contributed by atoms with Gasteiger partial charge in [-0.15, -0.1) is 11.3 Å². The second-order valence-electron chi connectivity index (χ2n) is 5.72. The Kier molecular flexibility index (Phi) is 6.84. The second kappa shape index (κ2) is 9.53. The van der Waals surface area contributed by atoms with Gasteiger partial charge in [0.2, 0.25) is 5.13 Å². The van der Waals surface area contributed by atoms with Crippen LogP contribution in [-0.4, -0.2) is 17.8 Å². The van der Waals surface area contributed by atoms with Crippen molar-refractivity contribution in [2.45, 2.75) is 20.5 Å². The van der Waals surface area contributed by atoms with E-state index in [9.17, 15) is 0 Å². The Hall–Kier alpha value is -2.38. The molecule has 0 fully saturated rings. The van der Waals surface area contributed by atoms with Crippen molar-refractivity contribution >= 4 is 38.6 Å². The van der Waals surface area contributed by atoms with Crippen LogP contribution in [0.1, 0.15) is 23.7 Å². The summed E-state index contributed by atoms with van der Waals surface area (Å²) in [5.74, 6) is 1.40. The number of aryl methyl sites for hydroxylation is 1. The molecule has 0 atom stereocenters. The average Bonchev–Trinajstić information content (AvgIpc) is 3.06. The van der Waals surface area contributed by atoms with Crippen LogP contribution in [0.3, 0.4) is 0 Å². The van der Waals surface area contributed by atoms with E-state index in [1.54, 1.807) is 6.21 Å². The summed E-state index contributed by atoms with van der Waals surface area (Å²) < 4.78 is 12.7. The third-order valence-electron chi connectivity index (χ3n) is 3.54. The summed E-state index contributed by atoms with van der Waals surface area (Å²) >= 11 is 4.99. The summed E-state index contributed by atoms with van der Waals surface area (Å²) in [6.45, 7) is 4.93. The molecule has 3 rings (SSSR count). The van der Waals surface area contributed by atoms with Gasteiger partial charge in [-0.3, -0.25) is 5.43 Å². The molecule has 7 heteroatoms. The molecule has 27 heavy (non-hydrogen) atoms. The number of halogens is 1. The number of rotatable bonds is 8. The van der Waals surface area contributed by atoms with Crippen LogP contribution in [0.25, 0.3) is 0 Å². The van der Waals surface area contributed by atoms with Crippen LogP contribution in [-0.2, 0) is 6.61 Å². The molecule has 3 aromatic rings. The average molecular weight is 446 g/mol. The third kappa shape index (κ3) is 5.80. The van der Waals surface area contributed by atoms with Gasteiger partial charge in [-0.2, -0.15) is 5.10 Å². The first-order chi connectivity index (χ1) is 13.1.